The lowest BCUT2D eigenvalue weighted by atomic mass is 10.2. The highest BCUT2D eigenvalue weighted by molar-refractivity contribution is 7.89. The molecule has 1 aromatic rings. The van der Waals surface area contributed by atoms with Crippen LogP contribution in [-0.4, -0.2) is 45.6 Å². The molecule has 1 atom stereocenters. The Morgan fingerprint density at radius 1 is 1.48 bits per heavy atom. The van der Waals surface area contributed by atoms with E-state index in [4.69, 9.17) is 15.2 Å². The molecule has 0 spiro atoms. The predicted molar refractivity (Wildman–Crippen MR) is 79.7 cm³/mol. The lowest BCUT2D eigenvalue weighted by Crippen LogP contribution is -2.36. The molecule has 1 aliphatic rings. The van der Waals surface area contributed by atoms with Gasteiger partial charge >= 0.3 is 0 Å². The van der Waals surface area contributed by atoms with Crippen molar-refractivity contribution in [2.24, 2.45) is 5.73 Å². The van der Waals surface area contributed by atoms with E-state index >= 15 is 0 Å². The summed E-state index contributed by atoms with van der Waals surface area (Å²) in [7, 11) is -2.14. The molecule has 0 bridgehead atoms. The second kappa shape index (κ2) is 6.74. The first-order valence-electron chi connectivity index (χ1n) is 6.97. The molecule has 0 saturated carbocycles. The van der Waals surface area contributed by atoms with Gasteiger partial charge in [0, 0.05) is 26.2 Å². The van der Waals surface area contributed by atoms with Gasteiger partial charge in [0.1, 0.15) is 10.6 Å². The molecule has 0 aliphatic carbocycles. The number of sulfonamides is 1. The fourth-order valence-electron chi connectivity index (χ4n) is 2.37. The monoisotopic (exact) mass is 314 g/mol. The van der Waals surface area contributed by atoms with Crippen molar-refractivity contribution in [1.29, 1.82) is 0 Å². The number of ether oxygens (including phenoxy) is 2. The minimum absolute atomic E-state index is 0.114. The van der Waals surface area contributed by atoms with Crippen molar-refractivity contribution in [2.75, 3.05) is 26.8 Å². The van der Waals surface area contributed by atoms with E-state index in [1.54, 1.807) is 18.2 Å². The third-order valence-corrected chi connectivity index (χ3v) is 5.40. The van der Waals surface area contributed by atoms with E-state index in [0.717, 1.165) is 5.56 Å². The molecule has 7 heteroatoms. The number of benzene rings is 1. The molecule has 1 saturated heterocycles. The number of nitrogens with two attached hydrogens (primary N) is 1. The van der Waals surface area contributed by atoms with Gasteiger partial charge in [0.15, 0.2) is 0 Å². The normalized spacial score (nSPS) is 21.0. The van der Waals surface area contributed by atoms with Crippen LogP contribution in [0.1, 0.15) is 18.9 Å². The number of methoxy groups -OCH3 is 1. The highest BCUT2D eigenvalue weighted by Gasteiger charge is 2.30. The zero-order valence-corrected chi connectivity index (χ0v) is 13.2. The highest BCUT2D eigenvalue weighted by atomic mass is 32.2. The quantitative estimate of drug-likeness (QED) is 0.895. The third kappa shape index (κ3) is 3.55. The lowest BCUT2D eigenvalue weighted by molar-refractivity contribution is 0.0752. The molecule has 0 amide bonds. The summed E-state index contributed by atoms with van der Waals surface area (Å²) in [6.45, 7) is 3.60. The summed E-state index contributed by atoms with van der Waals surface area (Å²) in [4.78, 5) is 0.177. The fourth-order valence-corrected chi connectivity index (χ4v) is 4.06. The van der Waals surface area contributed by atoms with E-state index in [2.05, 4.69) is 0 Å². The molecule has 1 fully saturated rings. The van der Waals surface area contributed by atoms with Crippen LogP contribution >= 0.6 is 0 Å². The van der Waals surface area contributed by atoms with Crippen molar-refractivity contribution in [2.45, 2.75) is 30.9 Å². The van der Waals surface area contributed by atoms with Crippen LogP contribution in [0.2, 0.25) is 0 Å². The average Bonchev–Trinajstić information content (AvgIpc) is 2.71. The molecule has 0 aromatic heterocycles. The summed E-state index contributed by atoms with van der Waals surface area (Å²) in [6.07, 6.45) is 0.573. The van der Waals surface area contributed by atoms with Gasteiger partial charge in [-0.15, -0.1) is 0 Å². The topological polar surface area (TPSA) is 81.9 Å². The van der Waals surface area contributed by atoms with Gasteiger partial charge in [-0.1, -0.05) is 6.07 Å². The summed E-state index contributed by atoms with van der Waals surface area (Å²) in [5.74, 6) is 0.329. The van der Waals surface area contributed by atoms with E-state index in [1.165, 1.54) is 11.4 Å². The van der Waals surface area contributed by atoms with Gasteiger partial charge in [0.05, 0.1) is 13.2 Å². The second-order valence-electron chi connectivity index (χ2n) is 5.09. The summed E-state index contributed by atoms with van der Waals surface area (Å²) in [6, 6.07) is 4.95. The smallest absolute Gasteiger partial charge is 0.246 e. The molecule has 1 aromatic carbocycles. The van der Waals surface area contributed by atoms with Gasteiger partial charge in [-0.3, -0.25) is 0 Å². The summed E-state index contributed by atoms with van der Waals surface area (Å²) >= 11 is 0. The van der Waals surface area contributed by atoms with E-state index in [0.29, 0.717) is 38.4 Å². The number of nitrogens with zero attached hydrogens (tertiary/aromatic N) is 1. The van der Waals surface area contributed by atoms with Gasteiger partial charge in [-0.05, 0) is 31.0 Å². The Bertz CT molecular complexity index is 589. The minimum atomic E-state index is -3.60. The second-order valence-corrected chi connectivity index (χ2v) is 6.99. The number of hydrogen-bond donors (Lipinski definition) is 1. The molecule has 1 unspecified atom stereocenters. The van der Waals surface area contributed by atoms with Crippen LogP contribution in [0.25, 0.3) is 0 Å². The molecular formula is C14H22N2O4S. The molecule has 6 nitrogen and oxygen atoms in total. The van der Waals surface area contributed by atoms with Crippen molar-refractivity contribution in [3.63, 3.8) is 0 Å². The van der Waals surface area contributed by atoms with Crippen LogP contribution in [0.4, 0.5) is 0 Å². The van der Waals surface area contributed by atoms with E-state index in [9.17, 15) is 8.42 Å². The van der Waals surface area contributed by atoms with Crippen molar-refractivity contribution in [3.8, 4) is 5.75 Å². The highest BCUT2D eigenvalue weighted by Crippen LogP contribution is 2.28. The largest absolute Gasteiger partial charge is 0.495 e. The first-order chi connectivity index (χ1) is 9.98. The molecule has 1 aliphatic heterocycles. The standard InChI is InChI=1S/C14H22N2O4S/c1-11-10-16(6-3-7-20-11)21(17,18)14-5-4-12(9-15)8-13(14)19-2/h4-5,8,11H,3,6-7,9-10,15H2,1-2H3. The Morgan fingerprint density at radius 3 is 2.90 bits per heavy atom. The number of hydrogen-bond acceptors (Lipinski definition) is 5. The van der Waals surface area contributed by atoms with Crippen molar-refractivity contribution < 1.29 is 17.9 Å². The Kier molecular flexibility index (Phi) is 5.21. The predicted octanol–water partition coefficient (Wildman–Crippen LogP) is 0.953. The Balaban J connectivity index is 2.38. The average molecular weight is 314 g/mol. The first-order valence-corrected chi connectivity index (χ1v) is 8.41. The summed E-state index contributed by atoms with van der Waals surface area (Å²) in [5.41, 5.74) is 6.41. The van der Waals surface area contributed by atoms with Crippen LogP contribution in [-0.2, 0) is 21.3 Å². The minimum Gasteiger partial charge on any atom is -0.495 e. The van der Waals surface area contributed by atoms with Gasteiger partial charge in [-0.25, -0.2) is 8.42 Å². The van der Waals surface area contributed by atoms with Gasteiger partial charge in [0.2, 0.25) is 10.0 Å². The number of rotatable bonds is 4. The van der Waals surface area contributed by atoms with Crippen LogP contribution < -0.4 is 10.5 Å². The maximum absolute atomic E-state index is 12.8. The van der Waals surface area contributed by atoms with Gasteiger partial charge in [-0.2, -0.15) is 4.31 Å². The zero-order valence-electron chi connectivity index (χ0n) is 12.4. The Labute approximate surface area is 125 Å². The molecule has 1 heterocycles. The van der Waals surface area contributed by atoms with E-state index < -0.39 is 10.0 Å². The van der Waals surface area contributed by atoms with Crippen molar-refractivity contribution in [1.82, 2.24) is 4.31 Å². The van der Waals surface area contributed by atoms with Gasteiger partial charge in [0.25, 0.3) is 0 Å². The molecular weight excluding hydrogens is 292 g/mol. The maximum atomic E-state index is 12.8. The zero-order chi connectivity index (χ0) is 15.5. The van der Waals surface area contributed by atoms with Crippen LogP contribution in [0, 0.1) is 0 Å². The van der Waals surface area contributed by atoms with Gasteiger partial charge < -0.3 is 15.2 Å². The molecule has 21 heavy (non-hydrogen) atoms. The fraction of sp³-hybridized carbons (Fsp3) is 0.571. The Morgan fingerprint density at radius 2 is 2.24 bits per heavy atom. The Hall–Kier alpha value is -1.15. The third-order valence-electron chi connectivity index (χ3n) is 3.50. The van der Waals surface area contributed by atoms with Crippen molar-refractivity contribution in [3.05, 3.63) is 23.8 Å². The van der Waals surface area contributed by atoms with Crippen molar-refractivity contribution >= 4 is 10.0 Å². The van der Waals surface area contributed by atoms with Crippen LogP contribution in [0.3, 0.4) is 0 Å². The van der Waals surface area contributed by atoms with Crippen LogP contribution in [0.15, 0.2) is 23.1 Å². The lowest BCUT2D eigenvalue weighted by Gasteiger charge is -2.23. The van der Waals surface area contributed by atoms with Crippen LogP contribution in [0.5, 0.6) is 5.75 Å². The SMILES string of the molecule is COc1cc(CN)ccc1S(=O)(=O)N1CCCOC(C)C1. The maximum Gasteiger partial charge on any atom is 0.246 e. The first kappa shape index (κ1) is 16.2. The molecule has 0 radical (unpaired) electrons. The summed E-state index contributed by atoms with van der Waals surface area (Å²) < 4.78 is 37.8. The van der Waals surface area contributed by atoms with E-state index in [-0.39, 0.29) is 11.0 Å². The molecule has 2 rings (SSSR count). The summed E-state index contributed by atoms with van der Waals surface area (Å²) in [5, 5.41) is 0. The van der Waals surface area contributed by atoms with E-state index in [1.807, 2.05) is 6.92 Å². The molecule has 2 N–H and O–H groups in total. The molecule has 118 valence electrons.